The van der Waals surface area contributed by atoms with Gasteiger partial charge in [-0.2, -0.15) is 9.84 Å². The molecule has 1 aliphatic heterocycles. The lowest BCUT2D eigenvalue weighted by atomic mass is 9.81. The summed E-state index contributed by atoms with van der Waals surface area (Å²) in [6.07, 6.45) is 5.04. The third-order valence-electron chi connectivity index (χ3n) is 5.86. The van der Waals surface area contributed by atoms with Crippen molar-refractivity contribution in [1.29, 1.82) is 5.26 Å². The molecule has 0 radical (unpaired) electrons. The molecule has 2 N–H and O–H groups in total. The molecule has 0 spiro atoms. The number of allylic oxidation sites excluding steroid dienone is 1. The number of anilines is 1. The van der Waals surface area contributed by atoms with Crippen molar-refractivity contribution in [3.63, 3.8) is 0 Å². The molecule has 0 aromatic heterocycles. The maximum Gasteiger partial charge on any atom is 0.262 e. The van der Waals surface area contributed by atoms with E-state index in [0.717, 1.165) is 13.1 Å². The van der Waals surface area contributed by atoms with Gasteiger partial charge in [-0.3, -0.25) is 4.57 Å². The lowest BCUT2D eigenvalue weighted by molar-refractivity contribution is -0.401. The second-order valence-electron chi connectivity index (χ2n) is 8.44. The largest absolute Gasteiger partial charge is 0.756 e. The number of fused-ring (bicyclic) bond motifs is 1. The number of phosphoric acid groups is 1. The molecule has 0 saturated carbocycles. The Labute approximate surface area is 196 Å². The molecule has 2 aromatic rings. The van der Waals surface area contributed by atoms with Crippen LogP contribution in [0.3, 0.4) is 0 Å². The van der Waals surface area contributed by atoms with E-state index in [1.807, 2.05) is 0 Å². The van der Waals surface area contributed by atoms with Crippen LogP contribution in [-0.4, -0.2) is 40.2 Å². The fourth-order valence-electron chi connectivity index (χ4n) is 4.13. The number of hydrogen-bond acceptors (Lipinski definition) is 4. The molecule has 8 heteroatoms. The molecule has 1 heterocycles. The minimum atomic E-state index is -4.89. The fraction of sp³-hybridized carbons (Fsp3) is 0.360. The lowest BCUT2D eigenvalue weighted by Crippen LogP contribution is -2.26. The molecule has 0 atom stereocenters. The first-order valence-corrected chi connectivity index (χ1v) is 12.3. The highest BCUT2D eigenvalue weighted by molar-refractivity contribution is 7.43. The quantitative estimate of drug-likeness (QED) is 0.491. The normalized spacial score (nSPS) is 14.5. The van der Waals surface area contributed by atoms with E-state index in [0.29, 0.717) is 6.42 Å². The zero-order chi connectivity index (χ0) is 24.8. The van der Waals surface area contributed by atoms with E-state index < -0.39 is 7.82 Å². The summed E-state index contributed by atoms with van der Waals surface area (Å²) in [5, 5.41) is 8.91. The van der Waals surface area contributed by atoms with Crippen LogP contribution in [0.5, 0.6) is 0 Å². The van der Waals surface area contributed by atoms with E-state index in [2.05, 4.69) is 105 Å². The van der Waals surface area contributed by atoms with E-state index >= 15 is 0 Å². The highest BCUT2D eigenvalue weighted by Crippen LogP contribution is 2.39. The van der Waals surface area contributed by atoms with Gasteiger partial charge in [0.25, 0.3) is 7.82 Å². The van der Waals surface area contributed by atoms with Crippen LogP contribution in [0.15, 0.2) is 48.5 Å². The minimum absolute atomic E-state index is 0.0182. The van der Waals surface area contributed by atoms with Crippen molar-refractivity contribution in [2.75, 3.05) is 25.0 Å². The maximum atomic E-state index is 8.91. The van der Waals surface area contributed by atoms with Gasteiger partial charge in [0.1, 0.15) is 7.05 Å². The van der Waals surface area contributed by atoms with Crippen LogP contribution in [0.4, 0.5) is 11.4 Å². The zero-order valence-corrected chi connectivity index (χ0v) is 20.7. The summed E-state index contributed by atoms with van der Waals surface area (Å²) in [7, 11) is -2.74. The second-order valence-corrected chi connectivity index (χ2v) is 9.42. The highest BCUT2D eigenvalue weighted by Gasteiger charge is 2.42. The van der Waals surface area contributed by atoms with Gasteiger partial charge in [-0.1, -0.05) is 24.3 Å². The highest BCUT2D eigenvalue weighted by atomic mass is 31.2. The van der Waals surface area contributed by atoms with Gasteiger partial charge in [0.2, 0.25) is 5.69 Å². The van der Waals surface area contributed by atoms with Crippen molar-refractivity contribution in [3.05, 3.63) is 65.2 Å². The van der Waals surface area contributed by atoms with Crippen molar-refractivity contribution in [1.82, 2.24) is 0 Å². The molecular formula is C25H32N3O4P. The van der Waals surface area contributed by atoms with Gasteiger partial charge in [-0.15, -0.1) is 0 Å². The van der Waals surface area contributed by atoms with Crippen LogP contribution in [0.2, 0.25) is 0 Å². The Bertz CT molecular complexity index is 1130. The average molecular weight is 470 g/mol. The Kier molecular flexibility index (Phi) is 8.76. The molecule has 0 aliphatic carbocycles. The fourth-order valence-corrected chi connectivity index (χ4v) is 4.13. The smallest absolute Gasteiger partial charge is 0.262 e. The van der Waals surface area contributed by atoms with Gasteiger partial charge in [0.15, 0.2) is 5.71 Å². The van der Waals surface area contributed by atoms with Crippen LogP contribution in [0.1, 0.15) is 43.9 Å². The summed E-state index contributed by atoms with van der Waals surface area (Å²) in [4.78, 5) is 25.2. The SMILES string of the molecule is CCN(CCC#N)c1ccc(C)c(C=CC2=[N+](C)c3ccccc3C2(C)C)c1.O=P([O-])(O)O. The van der Waals surface area contributed by atoms with Crippen molar-refractivity contribution in [2.24, 2.45) is 0 Å². The predicted octanol–water partition coefficient (Wildman–Crippen LogP) is 3.89. The molecule has 2 aromatic carbocycles. The molecule has 0 unspecified atom stereocenters. The monoisotopic (exact) mass is 469 g/mol. The standard InChI is InChI=1S/C25H30N3.H3O4P/c1-6-28(17-9-16-26)21-14-12-19(2)20(18-21)13-15-24-25(3,4)22-10-7-8-11-23(22)27(24)5;1-5(2,3)4/h7-8,10-15,18H,6,9,17H2,1-5H3;(H3,1,2,3,4)/q+1;/p-1. The number of nitrogens with zero attached hydrogens (tertiary/aromatic N) is 3. The van der Waals surface area contributed by atoms with E-state index in [-0.39, 0.29) is 5.41 Å². The van der Waals surface area contributed by atoms with Crippen LogP contribution >= 0.6 is 7.82 Å². The first kappa shape index (κ1) is 26.5. The zero-order valence-electron chi connectivity index (χ0n) is 19.8. The first-order valence-electron chi connectivity index (χ1n) is 10.8. The number of hydrogen-bond donors (Lipinski definition) is 2. The molecule has 0 fully saturated rings. The maximum absolute atomic E-state index is 8.91. The van der Waals surface area contributed by atoms with Crippen molar-refractivity contribution in [2.45, 2.75) is 39.5 Å². The third-order valence-corrected chi connectivity index (χ3v) is 5.86. The summed E-state index contributed by atoms with van der Waals surface area (Å²) < 4.78 is 11.1. The van der Waals surface area contributed by atoms with E-state index in [9.17, 15) is 0 Å². The van der Waals surface area contributed by atoms with E-state index in [4.69, 9.17) is 24.5 Å². The summed E-state index contributed by atoms with van der Waals surface area (Å²) >= 11 is 0. The Hall–Kier alpha value is -2.75. The number of aryl methyl sites for hydroxylation is 1. The van der Waals surface area contributed by atoms with E-state index in [1.54, 1.807) is 0 Å². The second kappa shape index (κ2) is 10.9. The molecule has 33 heavy (non-hydrogen) atoms. The van der Waals surface area contributed by atoms with Gasteiger partial charge in [-0.25, -0.2) is 0 Å². The summed E-state index contributed by atoms with van der Waals surface area (Å²) in [6, 6.07) is 17.5. The lowest BCUT2D eigenvalue weighted by Gasteiger charge is -2.22. The topological polar surface area (TPSA) is 111 Å². The Morgan fingerprint density at radius 2 is 1.85 bits per heavy atom. The van der Waals surface area contributed by atoms with Crippen molar-refractivity contribution >= 4 is 31.0 Å². The third kappa shape index (κ3) is 6.86. The van der Waals surface area contributed by atoms with Gasteiger partial charge >= 0.3 is 0 Å². The predicted molar refractivity (Wildman–Crippen MR) is 131 cm³/mol. The number of nitriles is 1. The number of rotatable bonds is 6. The van der Waals surface area contributed by atoms with Crippen LogP contribution in [-0.2, 0) is 9.98 Å². The van der Waals surface area contributed by atoms with Crippen LogP contribution in [0.25, 0.3) is 6.08 Å². The molecule has 1 aliphatic rings. The van der Waals surface area contributed by atoms with Gasteiger partial charge in [0.05, 0.1) is 17.9 Å². The van der Waals surface area contributed by atoms with Gasteiger partial charge in [-0.05, 0) is 57.0 Å². The molecular weight excluding hydrogens is 437 g/mol. The Morgan fingerprint density at radius 1 is 1.21 bits per heavy atom. The Morgan fingerprint density at radius 3 is 2.42 bits per heavy atom. The molecule has 7 nitrogen and oxygen atoms in total. The number of para-hydroxylation sites is 1. The van der Waals surface area contributed by atoms with E-state index in [1.165, 1.54) is 33.8 Å². The summed E-state index contributed by atoms with van der Waals surface area (Å²) in [5.41, 5.74) is 7.59. The molecule has 0 amide bonds. The van der Waals surface area contributed by atoms with Crippen molar-refractivity contribution < 1.29 is 23.8 Å². The van der Waals surface area contributed by atoms with Crippen molar-refractivity contribution in [3.8, 4) is 6.07 Å². The summed E-state index contributed by atoms with van der Waals surface area (Å²) in [5.74, 6) is 0. The summed E-state index contributed by atoms with van der Waals surface area (Å²) in [6.45, 7) is 10.5. The molecule has 176 valence electrons. The van der Waals surface area contributed by atoms with Gasteiger partial charge < -0.3 is 19.6 Å². The van der Waals surface area contributed by atoms with Crippen LogP contribution in [0, 0.1) is 18.3 Å². The first-order chi connectivity index (χ1) is 15.4. The molecule has 3 rings (SSSR count). The average Bonchev–Trinajstić information content (AvgIpc) is 2.93. The minimum Gasteiger partial charge on any atom is -0.756 e. The molecule has 0 bridgehead atoms. The molecule has 0 saturated heterocycles. The Balaban J connectivity index is 0.000000696. The van der Waals surface area contributed by atoms with Crippen LogP contribution < -0.4 is 9.79 Å². The number of benzene rings is 2. The van der Waals surface area contributed by atoms with Gasteiger partial charge in [0, 0.05) is 36.5 Å².